The maximum Gasteiger partial charge on any atom is 0.573 e. The van der Waals surface area contributed by atoms with Gasteiger partial charge in [-0.25, -0.2) is 9.59 Å². The predicted octanol–water partition coefficient (Wildman–Crippen LogP) is 3.59. The first-order valence-corrected chi connectivity index (χ1v) is 7.84. The molecule has 0 bridgehead atoms. The topological polar surface area (TPSA) is 73.9 Å². The van der Waals surface area contributed by atoms with E-state index in [-0.39, 0.29) is 15.9 Å². The summed E-state index contributed by atoms with van der Waals surface area (Å²) in [5, 5.41) is 2.53. The molecule has 1 rings (SSSR count). The predicted molar refractivity (Wildman–Crippen MR) is 89.3 cm³/mol. The second-order valence-electron chi connectivity index (χ2n) is 4.01. The Bertz CT molecular complexity index is 678. The number of hydrogen-bond acceptors (Lipinski definition) is 6. The summed E-state index contributed by atoms with van der Waals surface area (Å²) in [5.41, 5.74) is -0.233. The Morgan fingerprint density at radius 3 is 2.38 bits per heavy atom. The molecule has 132 valence electrons. The van der Waals surface area contributed by atoms with E-state index in [2.05, 4.69) is 35.5 Å². The molecule has 1 N–H and O–H groups in total. The molecule has 0 aliphatic rings. The third kappa shape index (κ3) is 6.19. The highest BCUT2D eigenvalue weighted by molar-refractivity contribution is 14.1. The molecule has 0 atom stereocenters. The monoisotopic (exact) mass is 523 g/mol. The third-order valence-electron chi connectivity index (χ3n) is 2.37. The van der Waals surface area contributed by atoms with Crippen molar-refractivity contribution in [3.05, 3.63) is 31.9 Å². The molecule has 0 saturated heterocycles. The fourth-order valence-electron chi connectivity index (χ4n) is 1.43. The first-order valence-electron chi connectivity index (χ1n) is 5.97. The maximum atomic E-state index is 12.4. The number of nitrogens with one attached hydrogen (secondary N) is 1. The molecule has 0 unspecified atom stereocenters. The van der Waals surface area contributed by atoms with Crippen LogP contribution in [0.5, 0.6) is 5.75 Å². The van der Waals surface area contributed by atoms with Gasteiger partial charge in [-0.2, -0.15) is 0 Å². The standard InChI is InChI=1S/C13H10BrF3INO5/c1-22-10(20)5-9(12(21)23-2)19-8-4-6(24-13(15,16)17)3-7(14)11(8)18/h3-5,19H,1-2H3/b9-5+. The lowest BCUT2D eigenvalue weighted by Gasteiger charge is -2.15. The van der Waals surface area contributed by atoms with Crippen molar-refractivity contribution in [2.24, 2.45) is 0 Å². The molecule has 0 aliphatic heterocycles. The lowest BCUT2D eigenvalue weighted by atomic mass is 10.2. The van der Waals surface area contributed by atoms with Gasteiger partial charge in [0.15, 0.2) is 0 Å². The maximum absolute atomic E-state index is 12.4. The number of alkyl halides is 3. The smallest absolute Gasteiger partial charge is 0.466 e. The molecule has 0 heterocycles. The van der Waals surface area contributed by atoms with Crippen LogP contribution in [-0.4, -0.2) is 32.5 Å². The van der Waals surface area contributed by atoms with Crippen LogP contribution in [0.3, 0.4) is 0 Å². The molecule has 0 fully saturated rings. The Balaban J connectivity index is 3.25. The highest BCUT2D eigenvalue weighted by Crippen LogP contribution is 2.35. The van der Waals surface area contributed by atoms with Crippen LogP contribution < -0.4 is 10.1 Å². The van der Waals surface area contributed by atoms with E-state index in [1.54, 1.807) is 0 Å². The molecule has 0 radical (unpaired) electrons. The molecular formula is C13H10BrF3INO5. The molecule has 11 heteroatoms. The average Bonchev–Trinajstić information content (AvgIpc) is 2.48. The number of hydrogen-bond donors (Lipinski definition) is 1. The van der Waals surface area contributed by atoms with Crippen molar-refractivity contribution in [1.29, 1.82) is 0 Å². The van der Waals surface area contributed by atoms with Crippen molar-refractivity contribution in [3.8, 4) is 5.75 Å². The lowest BCUT2D eigenvalue weighted by Crippen LogP contribution is -2.18. The number of benzene rings is 1. The largest absolute Gasteiger partial charge is 0.573 e. The molecule has 24 heavy (non-hydrogen) atoms. The highest BCUT2D eigenvalue weighted by atomic mass is 127. The minimum atomic E-state index is -4.88. The quantitative estimate of drug-likeness (QED) is 0.361. The summed E-state index contributed by atoms with van der Waals surface area (Å²) in [7, 11) is 2.19. The zero-order valence-corrected chi connectivity index (χ0v) is 15.9. The van der Waals surface area contributed by atoms with Gasteiger partial charge in [-0.05, 0) is 44.6 Å². The molecule has 1 aromatic rings. The van der Waals surface area contributed by atoms with E-state index < -0.39 is 24.1 Å². The number of esters is 2. The van der Waals surface area contributed by atoms with E-state index in [0.29, 0.717) is 3.57 Å². The summed E-state index contributed by atoms with van der Waals surface area (Å²) in [6, 6.07) is 2.14. The van der Waals surface area contributed by atoms with Crippen molar-refractivity contribution in [2.45, 2.75) is 6.36 Å². The van der Waals surface area contributed by atoms with Gasteiger partial charge in [-0.1, -0.05) is 0 Å². The normalized spacial score (nSPS) is 11.7. The van der Waals surface area contributed by atoms with Gasteiger partial charge < -0.3 is 19.5 Å². The fraction of sp³-hybridized carbons (Fsp3) is 0.231. The minimum absolute atomic E-state index is 0.0878. The van der Waals surface area contributed by atoms with Crippen LogP contribution in [0.25, 0.3) is 0 Å². The number of ether oxygens (including phenoxy) is 3. The summed E-state index contributed by atoms with van der Waals surface area (Å²) < 4.78 is 50.6. The first kappa shape index (κ1) is 20.5. The van der Waals surface area contributed by atoms with E-state index in [4.69, 9.17) is 0 Å². The molecule has 0 spiro atoms. The first-order chi connectivity index (χ1) is 11.1. The summed E-state index contributed by atoms with van der Waals surface area (Å²) in [4.78, 5) is 23.0. The van der Waals surface area contributed by atoms with Crippen LogP contribution in [0.2, 0.25) is 0 Å². The van der Waals surface area contributed by atoms with Gasteiger partial charge in [0.25, 0.3) is 0 Å². The van der Waals surface area contributed by atoms with Crippen molar-refractivity contribution in [2.75, 3.05) is 19.5 Å². The minimum Gasteiger partial charge on any atom is -0.466 e. The van der Waals surface area contributed by atoms with Crippen LogP contribution in [0.15, 0.2) is 28.4 Å². The van der Waals surface area contributed by atoms with Crippen molar-refractivity contribution < 1.29 is 37.0 Å². The molecule has 0 saturated carbocycles. The molecular weight excluding hydrogens is 514 g/mol. The average molecular weight is 524 g/mol. The zero-order chi connectivity index (χ0) is 18.5. The number of carbonyl (C=O) groups is 2. The molecule has 0 aliphatic carbocycles. The summed E-state index contributed by atoms with van der Waals surface area (Å²) in [6.45, 7) is 0. The van der Waals surface area contributed by atoms with Gasteiger partial charge in [0, 0.05) is 10.5 Å². The van der Waals surface area contributed by atoms with Crippen LogP contribution >= 0.6 is 38.5 Å². The van der Waals surface area contributed by atoms with E-state index >= 15 is 0 Å². The van der Waals surface area contributed by atoms with Crippen LogP contribution in [-0.2, 0) is 19.1 Å². The van der Waals surface area contributed by atoms with E-state index in [1.165, 1.54) is 0 Å². The van der Waals surface area contributed by atoms with Crippen molar-refractivity contribution in [3.63, 3.8) is 0 Å². The Kier molecular flexibility index (Phi) is 7.32. The van der Waals surface area contributed by atoms with E-state index in [0.717, 1.165) is 32.4 Å². The number of carbonyl (C=O) groups excluding carboxylic acids is 2. The van der Waals surface area contributed by atoms with Gasteiger partial charge >= 0.3 is 18.3 Å². The SMILES string of the molecule is COC(=O)/C=C(/Nc1cc(OC(F)(F)F)cc(Br)c1I)C(=O)OC. The number of methoxy groups -OCH3 is 2. The van der Waals surface area contributed by atoms with E-state index in [9.17, 15) is 22.8 Å². The van der Waals surface area contributed by atoms with Gasteiger partial charge in [0.2, 0.25) is 0 Å². The zero-order valence-electron chi connectivity index (χ0n) is 12.2. The molecule has 1 aromatic carbocycles. The van der Waals surface area contributed by atoms with Crippen LogP contribution in [0.4, 0.5) is 18.9 Å². The third-order valence-corrected chi connectivity index (χ3v) is 4.90. The number of anilines is 1. The molecule has 0 aromatic heterocycles. The van der Waals surface area contributed by atoms with Gasteiger partial charge in [-0.15, -0.1) is 13.2 Å². The Morgan fingerprint density at radius 1 is 1.25 bits per heavy atom. The molecule has 0 amide bonds. The van der Waals surface area contributed by atoms with Crippen LogP contribution in [0.1, 0.15) is 0 Å². The Morgan fingerprint density at radius 2 is 1.88 bits per heavy atom. The van der Waals surface area contributed by atoms with Gasteiger partial charge in [0.1, 0.15) is 11.4 Å². The highest BCUT2D eigenvalue weighted by Gasteiger charge is 2.31. The number of halogens is 5. The Hall–Kier alpha value is -1.50. The van der Waals surface area contributed by atoms with Crippen LogP contribution in [0, 0.1) is 3.57 Å². The number of rotatable bonds is 5. The van der Waals surface area contributed by atoms with Crippen molar-refractivity contribution >= 4 is 56.1 Å². The Labute approximate surface area is 156 Å². The second kappa shape index (κ2) is 8.55. The fourth-order valence-corrected chi connectivity index (χ4v) is 2.31. The summed E-state index contributed by atoms with van der Waals surface area (Å²) >= 11 is 4.92. The molecule has 6 nitrogen and oxygen atoms in total. The summed E-state index contributed by atoms with van der Waals surface area (Å²) in [6.07, 6.45) is -4.07. The second-order valence-corrected chi connectivity index (χ2v) is 5.95. The lowest BCUT2D eigenvalue weighted by molar-refractivity contribution is -0.274. The van der Waals surface area contributed by atoms with E-state index in [1.807, 2.05) is 22.6 Å². The summed E-state index contributed by atoms with van der Waals surface area (Å²) in [5.74, 6) is -2.27. The van der Waals surface area contributed by atoms with Gasteiger partial charge in [0.05, 0.1) is 29.6 Å². The van der Waals surface area contributed by atoms with Gasteiger partial charge in [-0.3, -0.25) is 0 Å². The van der Waals surface area contributed by atoms with Crippen molar-refractivity contribution in [1.82, 2.24) is 0 Å².